The molecule has 0 heterocycles. The zero-order valence-corrected chi connectivity index (χ0v) is 11.6. The van der Waals surface area contributed by atoms with Crippen molar-refractivity contribution < 1.29 is 14.3 Å². The average Bonchev–Trinajstić information content (AvgIpc) is 2.66. The molecule has 2 aliphatic carbocycles. The summed E-state index contributed by atoms with van der Waals surface area (Å²) >= 11 is 0. The van der Waals surface area contributed by atoms with Crippen LogP contribution in [0, 0.1) is 23.2 Å². The van der Waals surface area contributed by atoms with E-state index in [9.17, 15) is 9.59 Å². The summed E-state index contributed by atoms with van der Waals surface area (Å²) in [6, 6.07) is 0. The highest BCUT2D eigenvalue weighted by molar-refractivity contribution is 5.66. The second-order valence-electron chi connectivity index (χ2n) is 6.33. The van der Waals surface area contributed by atoms with E-state index >= 15 is 0 Å². The van der Waals surface area contributed by atoms with E-state index in [1.807, 2.05) is 6.92 Å². The Morgan fingerprint density at radius 1 is 1.39 bits per heavy atom. The molecular weight excluding hydrogens is 228 g/mol. The number of esters is 1. The van der Waals surface area contributed by atoms with Gasteiger partial charge in [-0.05, 0) is 43.4 Å². The Morgan fingerprint density at radius 2 is 2.11 bits per heavy atom. The summed E-state index contributed by atoms with van der Waals surface area (Å²) in [5.74, 6) is 0.855. The highest BCUT2D eigenvalue weighted by atomic mass is 16.5. The SMILES string of the molecule is CC(=O)OC1CCCC2(C)C1CCC2[C@H](C)C=O. The fraction of sp³-hybridized carbons (Fsp3) is 0.867. The predicted octanol–water partition coefficient (Wildman–Crippen LogP) is 2.97. The van der Waals surface area contributed by atoms with Gasteiger partial charge in [0.1, 0.15) is 12.4 Å². The Labute approximate surface area is 109 Å². The largest absolute Gasteiger partial charge is 0.462 e. The van der Waals surface area contributed by atoms with Crippen molar-refractivity contribution in [3.8, 4) is 0 Å². The van der Waals surface area contributed by atoms with E-state index in [1.165, 1.54) is 6.92 Å². The number of carbonyl (C=O) groups excluding carboxylic acids is 2. The summed E-state index contributed by atoms with van der Waals surface area (Å²) in [6.45, 7) is 5.82. The Kier molecular flexibility index (Phi) is 3.79. The third-order valence-electron chi connectivity index (χ3n) is 5.30. The molecule has 0 aromatic rings. The van der Waals surface area contributed by atoms with Gasteiger partial charge >= 0.3 is 5.97 Å². The molecule has 3 heteroatoms. The zero-order chi connectivity index (χ0) is 13.3. The van der Waals surface area contributed by atoms with Crippen LogP contribution in [0.2, 0.25) is 0 Å². The molecule has 2 rings (SSSR count). The van der Waals surface area contributed by atoms with Crippen molar-refractivity contribution in [1.82, 2.24) is 0 Å². The molecule has 3 nitrogen and oxygen atoms in total. The monoisotopic (exact) mass is 252 g/mol. The van der Waals surface area contributed by atoms with E-state index in [-0.39, 0.29) is 23.4 Å². The molecule has 18 heavy (non-hydrogen) atoms. The van der Waals surface area contributed by atoms with Crippen LogP contribution in [0.15, 0.2) is 0 Å². The van der Waals surface area contributed by atoms with Crippen LogP contribution in [0.1, 0.15) is 52.9 Å². The third kappa shape index (κ3) is 2.19. The van der Waals surface area contributed by atoms with Crippen molar-refractivity contribution in [2.75, 3.05) is 0 Å². The molecule has 0 spiro atoms. The van der Waals surface area contributed by atoms with Gasteiger partial charge in [-0.1, -0.05) is 13.8 Å². The van der Waals surface area contributed by atoms with Gasteiger partial charge in [-0.3, -0.25) is 4.79 Å². The smallest absolute Gasteiger partial charge is 0.302 e. The lowest BCUT2D eigenvalue weighted by Crippen LogP contribution is -2.43. The van der Waals surface area contributed by atoms with Gasteiger partial charge in [-0.2, -0.15) is 0 Å². The number of rotatable bonds is 3. The van der Waals surface area contributed by atoms with Crippen LogP contribution < -0.4 is 0 Å². The highest BCUT2D eigenvalue weighted by Gasteiger charge is 2.53. The molecule has 0 bridgehead atoms. The summed E-state index contributed by atoms with van der Waals surface area (Å²) in [6.07, 6.45) is 6.61. The van der Waals surface area contributed by atoms with Gasteiger partial charge in [0.25, 0.3) is 0 Å². The molecule has 0 amide bonds. The standard InChI is InChI=1S/C15H24O3/c1-10(9-16)12-6-7-13-14(18-11(2)17)5-4-8-15(12,13)3/h9-10,12-14H,4-8H2,1-3H3/t10-,12?,13?,14?,15?/m1/s1. The number of hydrogen-bond donors (Lipinski definition) is 0. The van der Waals surface area contributed by atoms with Gasteiger partial charge in [-0.15, -0.1) is 0 Å². The molecule has 102 valence electrons. The maximum absolute atomic E-state index is 11.2. The molecule has 4 unspecified atom stereocenters. The van der Waals surface area contributed by atoms with Gasteiger partial charge in [0.2, 0.25) is 0 Å². The Bertz CT molecular complexity index is 339. The van der Waals surface area contributed by atoms with Crippen molar-refractivity contribution in [1.29, 1.82) is 0 Å². The van der Waals surface area contributed by atoms with Gasteiger partial charge in [0.15, 0.2) is 0 Å². The van der Waals surface area contributed by atoms with Crippen molar-refractivity contribution in [2.24, 2.45) is 23.2 Å². The van der Waals surface area contributed by atoms with Gasteiger partial charge in [0.05, 0.1) is 0 Å². The molecular formula is C15H24O3. The quantitative estimate of drug-likeness (QED) is 0.573. The number of fused-ring (bicyclic) bond motifs is 1. The molecule has 2 saturated carbocycles. The second kappa shape index (κ2) is 5.02. The first-order chi connectivity index (χ1) is 8.49. The molecule has 0 saturated heterocycles. The minimum Gasteiger partial charge on any atom is -0.462 e. The average molecular weight is 252 g/mol. The van der Waals surface area contributed by atoms with E-state index < -0.39 is 0 Å². The van der Waals surface area contributed by atoms with Crippen molar-refractivity contribution >= 4 is 12.3 Å². The Hall–Kier alpha value is -0.860. The van der Waals surface area contributed by atoms with Crippen LogP contribution in [0.3, 0.4) is 0 Å². The predicted molar refractivity (Wildman–Crippen MR) is 69.0 cm³/mol. The van der Waals surface area contributed by atoms with E-state index in [0.717, 1.165) is 38.4 Å². The number of aldehydes is 1. The summed E-state index contributed by atoms with van der Waals surface area (Å²) in [5.41, 5.74) is 0.179. The second-order valence-corrected chi connectivity index (χ2v) is 6.33. The third-order valence-corrected chi connectivity index (χ3v) is 5.30. The summed E-state index contributed by atoms with van der Waals surface area (Å²) in [5, 5.41) is 0. The number of hydrogen-bond acceptors (Lipinski definition) is 3. The van der Waals surface area contributed by atoms with E-state index in [4.69, 9.17) is 4.74 Å². The first-order valence-corrected chi connectivity index (χ1v) is 7.11. The lowest BCUT2D eigenvalue weighted by molar-refractivity contribution is -0.155. The fourth-order valence-electron chi connectivity index (χ4n) is 4.47. The molecule has 2 fully saturated rings. The summed E-state index contributed by atoms with van der Waals surface area (Å²) in [4.78, 5) is 22.3. The zero-order valence-electron chi connectivity index (χ0n) is 11.6. The van der Waals surface area contributed by atoms with Crippen LogP contribution in [0.25, 0.3) is 0 Å². The molecule has 0 aromatic carbocycles. The maximum Gasteiger partial charge on any atom is 0.302 e. The molecule has 0 N–H and O–H groups in total. The van der Waals surface area contributed by atoms with Crippen LogP contribution >= 0.6 is 0 Å². The van der Waals surface area contributed by atoms with Crippen molar-refractivity contribution in [3.05, 3.63) is 0 Å². The van der Waals surface area contributed by atoms with E-state index in [2.05, 4.69) is 6.92 Å². The van der Waals surface area contributed by atoms with Crippen LogP contribution in [0.5, 0.6) is 0 Å². The summed E-state index contributed by atoms with van der Waals surface area (Å²) < 4.78 is 5.50. The Morgan fingerprint density at radius 3 is 2.72 bits per heavy atom. The minimum absolute atomic E-state index is 0.0742. The van der Waals surface area contributed by atoms with Crippen LogP contribution in [-0.4, -0.2) is 18.4 Å². The van der Waals surface area contributed by atoms with Crippen LogP contribution in [-0.2, 0) is 14.3 Å². The lowest BCUT2D eigenvalue weighted by Gasteiger charge is -2.45. The normalized spacial score (nSPS) is 40.9. The first kappa shape index (κ1) is 13.6. The molecule has 2 aliphatic rings. The number of carbonyl (C=O) groups is 2. The van der Waals surface area contributed by atoms with Crippen molar-refractivity contribution in [2.45, 2.75) is 59.0 Å². The lowest BCUT2D eigenvalue weighted by atomic mass is 9.62. The highest BCUT2D eigenvalue weighted by Crippen LogP contribution is 2.58. The molecule has 0 radical (unpaired) electrons. The van der Waals surface area contributed by atoms with Gasteiger partial charge < -0.3 is 9.53 Å². The topological polar surface area (TPSA) is 43.4 Å². The van der Waals surface area contributed by atoms with Crippen LogP contribution in [0.4, 0.5) is 0 Å². The molecule has 5 atom stereocenters. The first-order valence-electron chi connectivity index (χ1n) is 7.11. The molecule has 0 aromatic heterocycles. The number of ether oxygens (including phenoxy) is 1. The van der Waals surface area contributed by atoms with E-state index in [0.29, 0.717) is 11.8 Å². The van der Waals surface area contributed by atoms with Gasteiger partial charge in [-0.25, -0.2) is 0 Å². The Balaban J connectivity index is 2.17. The van der Waals surface area contributed by atoms with Gasteiger partial charge in [0, 0.05) is 18.8 Å². The van der Waals surface area contributed by atoms with Crippen molar-refractivity contribution in [3.63, 3.8) is 0 Å². The van der Waals surface area contributed by atoms with E-state index in [1.54, 1.807) is 0 Å². The minimum atomic E-state index is -0.170. The fourth-order valence-corrected chi connectivity index (χ4v) is 4.47. The maximum atomic E-state index is 11.2. The summed E-state index contributed by atoms with van der Waals surface area (Å²) in [7, 11) is 0. The molecule has 0 aliphatic heterocycles.